The topological polar surface area (TPSA) is 102 Å². The van der Waals surface area contributed by atoms with Crippen molar-refractivity contribution in [2.45, 2.75) is 20.3 Å². The predicted octanol–water partition coefficient (Wildman–Crippen LogP) is 4.57. The summed E-state index contributed by atoms with van der Waals surface area (Å²) in [5.74, 6) is 2.42. The van der Waals surface area contributed by atoms with Gasteiger partial charge in [-0.1, -0.05) is 13.8 Å². The first-order valence-electron chi connectivity index (χ1n) is 10.3. The lowest BCUT2D eigenvalue weighted by Crippen LogP contribution is -2.32. The summed E-state index contributed by atoms with van der Waals surface area (Å²) in [5.41, 5.74) is 1.14. The fourth-order valence-electron chi connectivity index (χ4n) is 3.04. The van der Waals surface area contributed by atoms with Crippen molar-refractivity contribution in [1.82, 2.24) is 10.3 Å². The van der Waals surface area contributed by atoms with E-state index in [-0.39, 0.29) is 18.1 Å². The fourth-order valence-corrected chi connectivity index (χ4v) is 3.04. The van der Waals surface area contributed by atoms with Crippen molar-refractivity contribution in [1.29, 1.82) is 0 Å². The molecule has 2 aromatic carbocycles. The van der Waals surface area contributed by atoms with Crippen LogP contribution in [-0.4, -0.2) is 43.5 Å². The van der Waals surface area contributed by atoms with Crippen LogP contribution in [-0.2, 0) is 0 Å². The largest absolute Gasteiger partial charge is 0.493 e. The van der Waals surface area contributed by atoms with Crippen LogP contribution in [0.2, 0.25) is 0 Å². The number of amides is 2. The van der Waals surface area contributed by atoms with Gasteiger partial charge in [0.05, 0.1) is 19.7 Å². The summed E-state index contributed by atoms with van der Waals surface area (Å²) in [4.78, 5) is 16.5. The molecule has 0 unspecified atom stereocenters. The summed E-state index contributed by atoms with van der Waals surface area (Å²) in [6.07, 6.45) is 2.35. The molecule has 0 radical (unpaired) electrons. The van der Waals surface area contributed by atoms with Crippen LogP contribution in [0.3, 0.4) is 0 Å². The molecular formula is C24H29N3O5. The predicted molar refractivity (Wildman–Crippen MR) is 124 cm³/mol. The first-order valence-corrected chi connectivity index (χ1v) is 10.3. The van der Waals surface area contributed by atoms with E-state index < -0.39 is 0 Å². The van der Waals surface area contributed by atoms with Gasteiger partial charge < -0.3 is 30.0 Å². The van der Waals surface area contributed by atoms with Crippen LogP contribution < -0.4 is 24.8 Å². The van der Waals surface area contributed by atoms with Gasteiger partial charge in [0, 0.05) is 36.5 Å². The molecule has 0 aliphatic carbocycles. The Hall–Kier alpha value is -3.52. The highest BCUT2D eigenvalue weighted by Crippen LogP contribution is 2.36. The fraction of sp³-hybridized carbons (Fsp3) is 0.333. The number of aromatic nitrogens is 1. The van der Waals surface area contributed by atoms with E-state index in [1.807, 2.05) is 19.9 Å². The number of nitrogens with one attached hydrogen (secondary N) is 2. The van der Waals surface area contributed by atoms with Gasteiger partial charge in [0.2, 0.25) is 0 Å². The van der Waals surface area contributed by atoms with Gasteiger partial charge in [-0.05, 0) is 48.2 Å². The minimum atomic E-state index is -0.298. The molecule has 0 saturated carbocycles. The zero-order valence-electron chi connectivity index (χ0n) is 18.8. The van der Waals surface area contributed by atoms with E-state index in [0.29, 0.717) is 41.7 Å². The summed E-state index contributed by atoms with van der Waals surface area (Å²) in [6, 6.07) is 12.2. The molecule has 3 aromatic rings. The first-order chi connectivity index (χ1) is 15.3. The Morgan fingerprint density at radius 3 is 2.38 bits per heavy atom. The minimum absolute atomic E-state index is 0.0743. The average Bonchev–Trinajstić information content (AvgIpc) is 2.79. The van der Waals surface area contributed by atoms with Crippen LogP contribution in [0.4, 0.5) is 10.5 Å². The lowest BCUT2D eigenvalue weighted by atomic mass is 9.91. The Kier molecular flexibility index (Phi) is 7.37. The van der Waals surface area contributed by atoms with E-state index in [2.05, 4.69) is 15.6 Å². The van der Waals surface area contributed by atoms with Crippen molar-refractivity contribution in [3.05, 3.63) is 48.7 Å². The van der Waals surface area contributed by atoms with Gasteiger partial charge in [0.25, 0.3) is 0 Å². The second-order valence-corrected chi connectivity index (χ2v) is 8.11. The molecule has 0 saturated heterocycles. The maximum atomic E-state index is 12.1. The third kappa shape index (κ3) is 5.79. The van der Waals surface area contributed by atoms with Gasteiger partial charge in [-0.3, -0.25) is 4.98 Å². The molecule has 8 heteroatoms. The van der Waals surface area contributed by atoms with Crippen LogP contribution in [0.5, 0.6) is 23.0 Å². The van der Waals surface area contributed by atoms with Crippen LogP contribution in [0.1, 0.15) is 20.3 Å². The number of aliphatic hydroxyl groups excluding tert-OH is 1. The van der Waals surface area contributed by atoms with Crippen molar-refractivity contribution >= 4 is 22.6 Å². The van der Waals surface area contributed by atoms with E-state index in [0.717, 1.165) is 10.9 Å². The molecule has 1 heterocycles. The van der Waals surface area contributed by atoms with Gasteiger partial charge in [-0.25, -0.2) is 4.79 Å². The van der Waals surface area contributed by atoms with E-state index in [4.69, 9.17) is 14.2 Å². The van der Waals surface area contributed by atoms with E-state index in [1.54, 1.807) is 56.8 Å². The van der Waals surface area contributed by atoms with Gasteiger partial charge >= 0.3 is 6.03 Å². The highest BCUT2D eigenvalue weighted by molar-refractivity contribution is 5.89. The summed E-state index contributed by atoms with van der Waals surface area (Å²) in [7, 11) is 3.16. The van der Waals surface area contributed by atoms with Crippen LogP contribution >= 0.6 is 0 Å². The highest BCUT2D eigenvalue weighted by atomic mass is 16.5. The smallest absolute Gasteiger partial charge is 0.319 e. The maximum absolute atomic E-state index is 12.1. The number of hydrogen-bond donors (Lipinski definition) is 3. The van der Waals surface area contributed by atoms with Crippen LogP contribution in [0, 0.1) is 5.41 Å². The van der Waals surface area contributed by atoms with E-state index >= 15 is 0 Å². The van der Waals surface area contributed by atoms with Gasteiger partial charge in [-0.15, -0.1) is 0 Å². The summed E-state index contributed by atoms with van der Waals surface area (Å²) >= 11 is 0. The summed E-state index contributed by atoms with van der Waals surface area (Å²) in [6.45, 7) is 4.45. The number of pyridine rings is 1. The molecular weight excluding hydrogens is 410 g/mol. The molecule has 0 aliphatic rings. The number of nitrogens with zero attached hydrogens (tertiary/aromatic N) is 1. The second-order valence-electron chi connectivity index (χ2n) is 8.11. The Bertz CT molecular complexity index is 1070. The third-order valence-electron chi connectivity index (χ3n) is 5.06. The lowest BCUT2D eigenvalue weighted by Gasteiger charge is -2.21. The zero-order chi connectivity index (χ0) is 23.1. The molecule has 2 amide bonds. The van der Waals surface area contributed by atoms with Crippen molar-refractivity contribution < 1.29 is 24.1 Å². The van der Waals surface area contributed by atoms with E-state index in [1.165, 1.54) is 0 Å². The Labute approximate surface area is 187 Å². The molecule has 3 N–H and O–H groups in total. The van der Waals surface area contributed by atoms with Gasteiger partial charge in [-0.2, -0.15) is 0 Å². The highest BCUT2D eigenvalue weighted by Gasteiger charge is 2.16. The zero-order valence-corrected chi connectivity index (χ0v) is 18.8. The number of carbonyl (C=O) groups excluding carboxylic acids is 1. The number of benzene rings is 2. The van der Waals surface area contributed by atoms with Crippen molar-refractivity contribution in [2.75, 3.05) is 32.7 Å². The summed E-state index contributed by atoms with van der Waals surface area (Å²) < 4.78 is 16.8. The average molecular weight is 440 g/mol. The number of aliphatic hydroxyl groups is 1. The molecule has 0 spiro atoms. The molecule has 0 bridgehead atoms. The Morgan fingerprint density at radius 1 is 1.03 bits per heavy atom. The number of ether oxygens (including phenoxy) is 3. The quantitative estimate of drug-likeness (QED) is 0.451. The monoisotopic (exact) mass is 439 g/mol. The number of carbonyl (C=O) groups is 1. The standard InChI is InChI=1S/C24H29N3O5/c1-24(2,15-28)10-12-26-23(29)27-16-5-7-17(8-6-16)32-20-9-11-25-19-14-22(31-4)21(30-3)13-18(19)20/h5-9,11,13-14,28H,10,12,15H2,1-4H3,(H2,26,27,29). The number of fused-ring (bicyclic) bond motifs is 1. The SMILES string of the molecule is COc1cc2nccc(Oc3ccc(NC(=O)NCCC(C)(C)CO)cc3)c2cc1OC. The van der Waals surface area contributed by atoms with Crippen molar-refractivity contribution in [2.24, 2.45) is 5.41 Å². The number of urea groups is 1. The minimum Gasteiger partial charge on any atom is -0.493 e. The van der Waals surface area contributed by atoms with Gasteiger partial charge in [0.1, 0.15) is 11.5 Å². The molecule has 1 aromatic heterocycles. The number of methoxy groups -OCH3 is 2. The number of hydrogen-bond acceptors (Lipinski definition) is 6. The Balaban J connectivity index is 1.66. The molecule has 3 rings (SSSR count). The molecule has 0 fully saturated rings. The van der Waals surface area contributed by atoms with Crippen LogP contribution in [0.25, 0.3) is 10.9 Å². The molecule has 8 nitrogen and oxygen atoms in total. The molecule has 0 atom stereocenters. The normalized spacial score (nSPS) is 11.2. The molecule has 0 aliphatic heterocycles. The van der Waals surface area contributed by atoms with Crippen molar-refractivity contribution in [3.63, 3.8) is 0 Å². The number of anilines is 1. The summed E-state index contributed by atoms with van der Waals surface area (Å²) in [5, 5.41) is 15.6. The van der Waals surface area contributed by atoms with Gasteiger partial charge in [0.15, 0.2) is 11.5 Å². The van der Waals surface area contributed by atoms with Crippen molar-refractivity contribution in [3.8, 4) is 23.0 Å². The van der Waals surface area contributed by atoms with Crippen LogP contribution in [0.15, 0.2) is 48.7 Å². The first kappa shape index (κ1) is 23.1. The lowest BCUT2D eigenvalue weighted by molar-refractivity contribution is 0.150. The second kappa shape index (κ2) is 10.2. The molecule has 32 heavy (non-hydrogen) atoms. The maximum Gasteiger partial charge on any atom is 0.319 e. The van der Waals surface area contributed by atoms with E-state index in [9.17, 15) is 9.90 Å². The Morgan fingerprint density at radius 2 is 1.72 bits per heavy atom. The third-order valence-corrected chi connectivity index (χ3v) is 5.06. The molecule has 170 valence electrons. The number of rotatable bonds is 9.